The maximum atomic E-state index is 11.7. The zero-order chi connectivity index (χ0) is 15.1. The lowest BCUT2D eigenvalue weighted by atomic mass is 10.2. The second-order valence-electron chi connectivity index (χ2n) is 4.18. The summed E-state index contributed by atoms with van der Waals surface area (Å²) in [6, 6.07) is 10.8. The van der Waals surface area contributed by atoms with Gasteiger partial charge >= 0.3 is 13.7 Å². The number of thiophene rings is 1. The van der Waals surface area contributed by atoms with Gasteiger partial charge in [0.05, 0.1) is 6.16 Å². The van der Waals surface area contributed by atoms with E-state index in [0.717, 1.165) is 5.56 Å². The van der Waals surface area contributed by atoms with E-state index in [1.54, 1.807) is 29.0 Å². The summed E-state index contributed by atoms with van der Waals surface area (Å²) in [4.78, 5) is 21.0. The zero-order valence-corrected chi connectivity index (χ0v) is 12.7. The lowest BCUT2D eigenvalue weighted by Gasteiger charge is -2.11. The summed E-state index contributed by atoms with van der Waals surface area (Å²) in [6.45, 7) is 0.0519. The van der Waals surface area contributed by atoms with E-state index in [2.05, 4.69) is 4.62 Å². The molecule has 2 rings (SSSR count). The number of amides is 1. The van der Waals surface area contributed by atoms with Crippen molar-refractivity contribution < 1.29 is 23.6 Å². The Kier molecular flexibility index (Phi) is 5.52. The number of nitrogens with one attached hydrogen (secondary N) is 1. The summed E-state index contributed by atoms with van der Waals surface area (Å²) >= 11 is 1.41. The van der Waals surface area contributed by atoms with E-state index in [1.807, 2.05) is 23.7 Å². The maximum absolute atomic E-state index is 11.7. The van der Waals surface area contributed by atoms with Gasteiger partial charge in [-0.2, -0.15) is 21.4 Å². The fourth-order valence-corrected chi connectivity index (χ4v) is 3.24. The molecule has 6 nitrogen and oxygen atoms in total. The number of benzene rings is 1. The van der Waals surface area contributed by atoms with Crippen LogP contribution >= 0.6 is 18.9 Å². The van der Waals surface area contributed by atoms with Gasteiger partial charge < -0.3 is 9.63 Å². The van der Waals surface area contributed by atoms with E-state index in [1.165, 1.54) is 11.3 Å². The summed E-state index contributed by atoms with van der Waals surface area (Å²) in [5.41, 5.74) is 3.31. The highest BCUT2D eigenvalue weighted by Gasteiger charge is 2.22. The standard InChI is InChI=1S/C13H14NO5PS/c15-13(18-8-11-4-2-1-3-5-11)14-19-20(16,17)9-12-6-7-21-10-12/h1-7,10H,8-9H2,(H,14,15)(H,16,17). The van der Waals surface area contributed by atoms with Crippen LogP contribution in [0.15, 0.2) is 47.2 Å². The molecule has 21 heavy (non-hydrogen) atoms. The summed E-state index contributed by atoms with van der Waals surface area (Å²) in [5.74, 6) is 0. The lowest BCUT2D eigenvalue weighted by Crippen LogP contribution is -2.23. The van der Waals surface area contributed by atoms with Gasteiger partial charge in [0.1, 0.15) is 6.61 Å². The average Bonchev–Trinajstić information content (AvgIpc) is 2.96. The molecule has 0 fully saturated rings. The number of carbonyl (C=O) groups excluding carboxylic acids is 1. The number of hydroxylamine groups is 1. The van der Waals surface area contributed by atoms with E-state index in [-0.39, 0.29) is 12.8 Å². The van der Waals surface area contributed by atoms with Crippen LogP contribution in [0.4, 0.5) is 4.79 Å². The average molecular weight is 327 g/mol. The third-order valence-corrected chi connectivity index (χ3v) is 4.32. The molecule has 0 bridgehead atoms. The Morgan fingerprint density at radius 1 is 1.24 bits per heavy atom. The molecule has 0 aliphatic carbocycles. The van der Waals surface area contributed by atoms with Crippen molar-refractivity contribution in [2.75, 3.05) is 0 Å². The van der Waals surface area contributed by atoms with Crippen LogP contribution in [0.1, 0.15) is 11.1 Å². The molecule has 0 radical (unpaired) electrons. The molecule has 1 aromatic carbocycles. The summed E-state index contributed by atoms with van der Waals surface area (Å²) in [6.07, 6.45) is -1.09. The Morgan fingerprint density at radius 3 is 2.67 bits per heavy atom. The summed E-state index contributed by atoms with van der Waals surface area (Å²) in [7, 11) is -3.94. The molecular formula is C13H14NO5PS. The fraction of sp³-hybridized carbons (Fsp3) is 0.154. The molecule has 0 saturated heterocycles. The Bertz CT molecular complexity index is 617. The second kappa shape index (κ2) is 7.38. The topological polar surface area (TPSA) is 84.9 Å². The quantitative estimate of drug-likeness (QED) is 0.628. The van der Waals surface area contributed by atoms with Crippen molar-refractivity contribution in [1.29, 1.82) is 0 Å². The molecule has 1 amide bonds. The number of ether oxygens (including phenoxy) is 1. The molecule has 2 aromatic rings. The second-order valence-corrected chi connectivity index (χ2v) is 6.74. The zero-order valence-electron chi connectivity index (χ0n) is 11.0. The Balaban J connectivity index is 1.74. The van der Waals surface area contributed by atoms with Gasteiger partial charge in [-0.1, -0.05) is 30.3 Å². The van der Waals surface area contributed by atoms with Gasteiger partial charge in [0.15, 0.2) is 0 Å². The van der Waals surface area contributed by atoms with Crippen LogP contribution in [-0.2, 0) is 26.7 Å². The van der Waals surface area contributed by atoms with Crippen molar-refractivity contribution in [3.05, 3.63) is 58.3 Å². The van der Waals surface area contributed by atoms with Gasteiger partial charge in [0.25, 0.3) is 0 Å². The van der Waals surface area contributed by atoms with Gasteiger partial charge in [0, 0.05) is 0 Å². The minimum atomic E-state index is -3.94. The Morgan fingerprint density at radius 2 is 2.00 bits per heavy atom. The molecule has 1 unspecified atom stereocenters. The fourth-order valence-electron chi connectivity index (χ4n) is 1.51. The van der Waals surface area contributed by atoms with Crippen LogP contribution in [-0.4, -0.2) is 11.0 Å². The van der Waals surface area contributed by atoms with Crippen LogP contribution in [0.5, 0.6) is 0 Å². The van der Waals surface area contributed by atoms with Gasteiger partial charge in [-0.15, -0.1) is 0 Å². The first-order valence-corrected chi connectivity index (χ1v) is 8.74. The normalized spacial score (nSPS) is 13.4. The first-order chi connectivity index (χ1) is 10.1. The SMILES string of the molecule is O=C(NOP(=O)(O)Cc1ccsc1)OCc1ccccc1. The number of carbonyl (C=O) groups is 1. The minimum Gasteiger partial charge on any atom is -0.443 e. The highest BCUT2D eigenvalue weighted by atomic mass is 32.1. The van der Waals surface area contributed by atoms with Crippen molar-refractivity contribution in [1.82, 2.24) is 5.48 Å². The molecule has 1 atom stereocenters. The molecule has 0 saturated carbocycles. The van der Waals surface area contributed by atoms with E-state index in [4.69, 9.17) is 4.74 Å². The van der Waals surface area contributed by atoms with Crippen LogP contribution < -0.4 is 5.48 Å². The monoisotopic (exact) mass is 327 g/mol. The van der Waals surface area contributed by atoms with E-state index < -0.39 is 13.7 Å². The van der Waals surface area contributed by atoms with Crippen LogP contribution in [0, 0.1) is 0 Å². The number of hydrogen-bond donors (Lipinski definition) is 2. The van der Waals surface area contributed by atoms with Gasteiger partial charge in [-0.3, -0.25) is 4.57 Å². The van der Waals surface area contributed by atoms with Crippen LogP contribution in [0.2, 0.25) is 0 Å². The smallest absolute Gasteiger partial charge is 0.432 e. The van der Waals surface area contributed by atoms with E-state index in [0.29, 0.717) is 5.56 Å². The third-order valence-electron chi connectivity index (χ3n) is 2.45. The Labute approximate surface area is 125 Å². The van der Waals surface area contributed by atoms with Crippen molar-refractivity contribution in [3.63, 3.8) is 0 Å². The maximum Gasteiger partial charge on any atom is 0.432 e. The molecule has 1 aromatic heterocycles. The minimum absolute atomic E-state index is 0.0519. The van der Waals surface area contributed by atoms with Gasteiger partial charge in [-0.25, -0.2) is 4.79 Å². The largest absolute Gasteiger partial charge is 0.443 e. The number of hydrogen-bond acceptors (Lipinski definition) is 5. The molecule has 0 aliphatic heterocycles. The van der Waals surface area contributed by atoms with Crippen molar-refractivity contribution in [3.8, 4) is 0 Å². The molecule has 0 spiro atoms. The molecule has 1 heterocycles. The van der Waals surface area contributed by atoms with Crippen molar-refractivity contribution in [2.45, 2.75) is 12.8 Å². The van der Waals surface area contributed by atoms with E-state index >= 15 is 0 Å². The van der Waals surface area contributed by atoms with Crippen LogP contribution in [0.3, 0.4) is 0 Å². The first kappa shape index (κ1) is 15.7. The predicted octanol–water partition coefficient (Wildman–Crippen LogP) is 3.29. The highest BCUT2D eigenvalue weighted by molar-refractivity contribution is 7.51. The Hall–Kier alpha value is -1.66. The summed E-state index contributed by atoms with van der Waals surface area (Å²) < 4.78 is 21.1. The first-order valence-electron chi connectivity index (χ1n) is 6.03. The molecule has 112 valence electrons. The third kappa shape index (κ3) is 5.69. The highest BCUT2D eigenvalue weighted by Crippen LogP contribution is 2.44. The lowest BCUT2D eigenvalue weighted by molar-refractivity contribution is 0.0882. The molecule has 2 N–H and O–H groups in total. The number of rotatable bonds is 6. The summed E-state index contributed by atoms with van der Waals surface area (Å²) in [5, 5.41) is 3.52. The molecular weight excluding hydrogens is 313 g/mol. The van der Waals surface area contributed by atoms with Crippen molar-refractivity contribution in [2.24, 2.45) is 0 Å². The molecule has 0 aliphatic rings. The molecule has 8 heteroatoms. The van der Waals surface area contributed by atoms with Crippen LogP contribution in [0.25, 0.3) is 0 Å². The van der Waals surface area contributed by atoms with Crippen molar-refractivity contribution >= 4 is 25.0 Å². The van der Waals surface area contributed by atoms with Gasteiger partial charge in [0.2, 0.25) is 0 Å². The predicted molar refractivity (Wildman–Crippen MR) is 78.7 cm³/mol. The van der Waals surface area contributed by atoms with Gasteiger partial charge in [-0.05, 0) is 28.0 Å². The van der Waals surface area contributed by atoms with E-state index in [9.17, 15) is 14.3 Å².